The lowest BCUT2D eigenvalue weighted by Crippen LogP contribution is -2.62. The number of carbonyl (C=O) groups excluding carboxylic acids is 6. The zero-order chi connectivity index (χ0) is 46.0. The molecule has 14 nitrogen and oxygen atoms in total. The van der Waals surface area contributed by atoms with Crippen molar-refractivity contribution in [3.8, 4) is 11.1 Å². The molecule has 4 aromatic carbocycles. The summed E-state index contributed by atoms with van der Waals surface area (Å²) >= 11 is 0. The molecule has 6 rings (SSSR count). The van der Waals surface area contributed by atoms with Crippen molar-refractivity contribution in [3.63, 3.8) is 0 Å². The van der Waals surface area contributed by atoms with Gasteiger partial charge < -0.3 is 41.1 Å². The Morgan fingerprint density at radius 2 is 1.28 bits per heavy atom. The van der Waals surface area contributed by atoms with Gasteiger partial charge in [-0.1, -0.05) is 104 Å². The van der Waals surface area contributed by atoms with Crippen LogP contribution in [0.1, 0.15) is 70.9 Å². The summed E-state index contributed by atoms with van der Waals surface area (Å²) < 4.78 is 5.89. The van der Waals surface area contributed by atoms with E-state index in [1.165, 1.54) is 0 Å². The smallest absolute Gasteiger partial charge is 0.251 e. The molecule has 1 heterocycles. The van der Waals surface area contributed by atoms with Crippen LogP contribution in [0.2, 0.25) is 0 Å². The third-order valence-electron chi connectivity index (χ3n) is 12.3. The first-order valence-electron chi connectivity index (χ1n) is 22.8. The Balaban J connectivity index is 1.04. The number of morpholine rings is 1. The van der Waals surface area contributed by atoms with Gasteiger partial charge in [0.25, 0.3) is 11.8 Å². The quantitative estimate of drug-likeness (QED) is 0.0880. The standard InChI is InChI=1S/C51H63N7O7/c1-36(52-2)48(61)56-47(41-16-10-5-11-17-41)51(64)58-30-31-65-35-44(58)34-57(29-27-38-14-8-4-9-15-38)46(60)33-55-50(63)43-24-20-40(21-25-43)39-18-22-42(23-19-39)49(62)54-32-45(59)53-28-26-37-12-6-3-7-13-37/h3-4,6-9,12-15,18-25,36,41,44,47,52H,5,10-11,16-17,26-35H2,1-2H3,(H,53,59)(H,54,62)(H,55,63)(H,56,61)/t36-,44+,47-/m0/s1. The van der Waals surface area contributed by atoms with Crippen molar-refractivity contribution < 1.29 is 33.5 Å². The molecule has 3 atom stereocenters. The van der Waals surface area contributed by atoms with Crippen molar-refractivity contribution in [2.75, 3.05) is 59.5 Å². The molecule has 1 saturated heterocycles. The molecule has 65 heavy (non-hydrogen) atoms. The molecule has 344 valence electrons. The van der Waals surface area contributed by atoms with Crippen molar-refractivity contribution >= 4 is 35.4 Å². The minimum absolute atomic E-state index is 0.0228. The maximum Gasteiger partial charge on any atom is 0.251 e. The first-order valence-corrected chi connectivity index (χ1v) is 22.8. The van der Waals surface area contributed by atoms with Crippen LogP contribution in [-0.4, -0.2) is 123 Å². The van der Waals surface area contributed by atoms with E-state index in [1.54, 1.807) is 72.3 Å². The molecule has 0 radical (unpaired) electrons. The molecular weight excluding hydrogens is 823 g/mol. The highest BCUT2D eigenvalue weighted by Crippen LogP contribution is 2.29. The number of amides is 6. The molecule has 0 aromatic heterocycles. The monoisotopic (exact) mass is 885 g/mol. The van der Waals surface area contributed by atoms with Gasteiger partial charge in [0.1, 0.15) is 6.04 Å². The Labute approximate surface area is 382 Å². The molecule has 1 aliphatic heterocycles. The van der Waals surface area contributed by atoms with E-state index in [-0.39, 0.29) is 61.7 Å². The number of benzene rings is 4. The highest BCUT2D eigenvalue weighted by Gasteiger charge is 2.39. The third-order valence-corrected chi connectivity index (χ3v) is 12.3. The molecule has 2 fully saturated rings. The summed E-state index contributed by atoms with van der Waals surface area (Å²) in [6.07, 6.45) is 6.11. The number of nitrogens with zero attached hydrogens (tertiary/aromatic N) is 2. The van der Waals surface area contributed by atoms with Gasteiger partial charge in [-0.15, -0.1) is 0 Å². The SMILES string of the molecule is CN[C@@H](C)C(=O)N[C@H](C(=O)N1CCOC[C@H]1CN(CCc1ccccc1)C(=O)CNC(=O)c1ccc(-c2ccc(C(=O)NCC(=O)NCCc3ccccc3)cc2)cc1)C1CCCCC1. The molecule has 0 bridgehead atoms. The lowest BCUT2D eigenvalue weighted by Gasteiger charge is -2.42. The van der Waals surface area contributed by atoms with E-state index < -0.39 is 24.0 Å². The normalized spacial score (nSPS) is 16.1. The van der Waals surface area contributed by atoms with Crippen LogP contribution in [0.5, 0.6) is 0 Å². The number of likely N-dealkylation sites (N-methyl/N-ethyl adjacent to an activating group) is 1. The van der Waals surface area contributed by atoms with Crippen LogP contribution in [0.15, 0.2) is 109 Å². The van der Waals surface area contributed by atoms with Gasteiger partial charge in [-0.3, -0.25) is 28.8 Å². The maximum absolute atomic E-state index is 14.5. The van der Waals surface area contributed by atoms with Crippen LogP contribution in [0.25, 0.3) is 11.1 Å². The Kier molecular flexibility index (Phi) is 18.2. The highest BCUT2D eigenvalue weighted by atomic mass is 16.5. The average Bonchev–Trinajstić information content (AvgIpc) is 3.35. The number of carbonyl (C=O) groups is 6. The fraction of sp³-hybridized carbons (Fsp3) is 0.412. The van der Waals surface area contributed by atoms with Crippen LogP contribution in [0, 0.1) is 5.92 Å². The molecule has 0 spiro atoms. The van der Waals surface area contributed by atoms with Crippen molar-refractivity contribution in [2.45, 2.75) is 70.0 Å². The van der Waals surface area contributed by atoms with Crippen molar-refractivity contribution in [2.24, 2.45) is 5.92 Å². The second kappa shape index (κ2) is 24.6. The van der Waals surface area contributed by atoms with Crippen LogP contribution in [0.4, 0.5) is 0 Å². The lowest BCUT2D eigenvalue weighted by atomic mass is 9.83. The van der Waals surface area contributed by atoms with E-state index in [0.717, 1.165) is 54.4 Å². The molecule has 1 aliphatic carbocycles. The van der Waals surface area contributed by atoms with E-state index in [0.29, 0.717) is 50.2 Å². The number of hydrogen-bond acceptors (Lipinski definition) is 8. The van der Waals surface area contributed by atoms with Crippen LogP contribution < -0.4 is 26.6 Å². The summed E-state index contributed by atoms with van der Waals surface area (Å²) in [7, 11) is 1.72. The second-order valence-electron chi connectivity index (χ2n) is 16.8. The van der Waals surface area contributed by atoms with E-state index in [4.69, 9.17) is 4.74 Å². The molecule has 4 aromatic rings. The number of nitrogens with one attached hydrogen (secondary N) is 5. The molecule has 5 N–H and O–H groups in total. The van der Waals surface area contributed by atoms with E-state index in [9.17, 15) is 28.8 Å². The Morgan fingerprint density at radius 3 is 1.86 bits per heavy atom. The highest BCUT2D eigenvalue weighted by molar-refractivity contribution is 5.98. The first kappa shape index (κ1) is 48.1. The van der Waals surface area contributed by atoms with E-state index in [1.807, 2.05) is 60.7 Å². The molecular formula is C51H63N7O7. The molecule has 0 unspecified atom stereocenters. The largest absolute Gasteiger partial charge is 0.377 e. The van der Waals surface area contributed by atoms with Crippen LogP contribution in [0.3, 0.4) is 0 Å². The molecule has 6 amide bonds. The fourth-order valence-corrected chi connectivity index (χ4v) is 8.33. The summed E-state index contributed by atoms with van der Waals surface area (Å²) in [5, 5.41) is 14.3. The van der Waals surface area contributed by atoms with Crippen molar-refractivity contribution in [1.82, 2.24) is 36.4 Å². The van der Waals surface area contributed by atoms with Gasteiger partial charge in [0.15, 0.2) is 0 Å². The average molecular weight is 886 g/mol. The predicted molar refractivity (Wildman–Crippen MR) is 250 cm³/mol. The maximum atomic E-state index is 14.5. The molecule has 1 saturated carbocycles. The molecule has 14 heteroatoms. The van der Waals surface area contributed by atoms with Gasteiger partial charge in [0.05, 0.1) is 38.4 Å². The van der Waals surface area contributed by atoms with Crippen molar-refractivity contribution in [3.05, 3.63) is 131 Å². The fourth-order valence-electron chi connectivity index (χ4n) is 8.33. The number of ether oxygens (including phenoxy) is 1. The summed E-state index contributed by atoms with van der Waals surface area (Å²) in [5.74, 6) is -1.69. The van der Waals surface area contributed by atoms with E-state index >= 15 is 0 Å². The Hall–Kier alpha value is -6.38. The van der Waals surface area contributed by atoms with Gasteiger partial charge in [0.2, 0.25) is 23.6 Å². The summed E-state index contributed by atoms with van der Waals surface area (Å²) in [4.78, 5) is 83.5. The van der Waals surface area contributed by atoms with Gasteiger partial charge in [-0.25, -0.2) is 0 Å². The number of rotatable bonds is 20. The summed E-state index contributed by atoms with van der Waals surface area (Å²) in [5.41, 5.74) is 4.60. The van der Waals surface area contributed by atoms with Gasteiger partial charge in [-0.05, 0) is 92.1 Å². The first-order chi connectivity index (χ1) is 31.6. The Bertz CT molecular complexity index is 2180. The third kappa shape index (κ3) is 14.3. The minimum Gasteiger partial charge on any atom is -0.377 e. The summed E-state index contributed by atoms with van der Waals surface area (Å²) in [6, 6.07) is 32.0. The molecule has 2 aliphatic rings. The van der Waals surface area contributed by atoms with Crippen LogP contribution >= 0.6 is 0 Å². The lowest BCUT2D eigenvalue weighted by molar-refractivity contribution is -0.148. The van der Waals surface area contributed by atoms with E-state index in [2.05, 4.69) is 26.6 Å². The topological polar surface area (TPSA) is 178 Å². The van der Waals surface area contributed by atoms with Gasteiger partial charge in [0, 0.05) is 37.3 Å². The Morgan fingerprint density at radius 1 is 0.708 bits per heavy atom. The number of hydrogen-bond donors (Lipinski definition) is 5. The summed E-state index contributed by atoms with van der Waals surface area (Å²) in [6.45, 7) is 3.35. The minimum atomic E-state index is -0.675. The van der Waals surface area contributed by atoms with Crippen molar-refractivity contribution in [1.29, 1.82) is 0 Å². The zero-order valence-corrected chi connectivity index (χ0v) is 37.6. The van der Waals surface area contributed by atoms with Gasteiger partial charge >= 0.3 is 0 Å². The second-order valence-corrected chi connectivity index (χ2v) is 16.8. The predicted octanol–water partition coefficient (Wildman–Crippen LogP) is 4.14. The van der Waals surface area contributed by atoms with Crippen LogP contribution in [-0.2, 0) is 36.8 Å². The zero-order valence-electron chi connectivity index (χ0n) is 37.6. The van der Waals surface area contributed by atoms with Gasteiger partial charge in [-0.2, -0.15) is 0 Å².